The second kappa shape index (κ2) is 8.49. The number of fused-ring (bicyclic) bond motifs is 1. The second-order valence-corrected chi connectivity index (χ2v) is 8.50. The summed E-state index contributed by atoms with van der Waals surface area (Å²) in [6.45, 7) is 3.13. The van der Waals surface area contributed by atoms with Crippen molar-refractivity contribution in [3.05, 3.63) is 65.7 Å². The van der Waals surface area contributed by atoms with Crippen LogP contribution in [-0.4, -0.2) is 62.4 Å². The third-order valence-electron chi connectivity index (χ3n) is 6.60. The maximum absolute atomic E-state index is 13.0. The summed E-state index contributed by atoms with van der Waals surface area (Å²) >= 11 is 0. The minimum Gasteiger partial charge on any atom is -0.339 e. The molecule has 2 aliphatic heterocycles. The molecular formula is C24H27N5O2. The fourth-order valence-electron chi connectivity index (χ4n) is 4.78. The minimum absolute atomic E-state index is 0.0708. The Morgan fingerprint density at radius 3 is 2.32 bits per heavy atom. The molecule has 3 aromatic heterocycles. The highest BCUT2D eigenvalue weighted by molar-refractivity contribution is 6.00. The molecule has 5 heterocycles. The second-order valence-electron chi connectivity index (χ2n) is 8.50. The molecule has 0 spiro atoms. The standard InChI is InChI=1S/C24H27N5O2/c30-23(19-4-9-25-10-5-19)28-13-6-18(7-14-28)20-8-15-29-22(16-20)21(17-26-29)24(31)27-11-2-1-3-12-27/h4-5,8-10,15-18H,1-3,6-7,11-14H2. The van der Waals surface area contributed by atoms with Gasteiger partial charge in [0.15, 0.2) is 0 Å². The van der Waals surface area contributed by atoms with E-state index in [0.29, 0.717) is 17.0 Å². The Morgan fingerprint density at radius 2 is 1.58 bits per heavy atom. The first-order valence-electron chi connectivity index (χ1n) is 11.2. The Hall–Kier alpha value is -3.22. The molecule has 7 nitrogen and oxygen atoms in total. The molecule has 0 aromatic carbocycles. The number of nitrogens with zero attached hydrogens (tertiary/aromatic N) is 5. The van der Waals surface area contributed by atoms with Crippen LogP contribution in [0, 0.1) is 0 Å². The summed E-state index contributed by atoms with van der Waals surface area (Å²) in [5.74, 6) is 0.533. The zero-order chi connectivity index (χ0) is 21.2. The molecule has 0 radical (unpaired) electrons. The lowest BCUT2D eigenvalue weighted by atomic mass is 9.89. The number of piperidine rings is 2. The van der Waals surface area contributed by atoms with Gasteiger partial charge in [-0.1, -0.05) is 0 Å². The van der Waals surface area contributed by atoms with Gasteiger partial charge in [-0.05, 0) is 67.9 Å². The molecule has 0 unspecified atom stereocenters. The maximum atomic E-state index is 13.0. The van der Waals surface area contributed by atoms with Gasteiger partial charge in [-0.25, -0.2) is 4.52 Å². The number of pyridine rings is 2. The zero-order valence-corrected chi connectivity index (χ0v) is 17.6. The smallest absolute Gasteiger partial charge is 0.257 e. The Balaban J connectivity index is 1.31. The van der Waals surface area contributed by atoms with Gasteiger partial charge in [0.05, 0.1) is 17.3 Å². The Kier molecular flexibility index (Phi) is 5.40. The van der Waals surface area contributed by atoms with Crippen LogP contribution in [0.5, 0.6) is 0 Å². The highest BCUT2D eigenvalue weighted by Gasteiger charge is 2.26. The minimum atomic E-state index is 0.0708. The molecule has 2 fully saturated rings. The van der Waals surface area contributed by atoms with E-state index in [0.717, 1.165) is 57.4 Å². The number of likely N-dealkylation sites (tertiary alicyclic amines) is 2. The molecule has 0 aliphatic carbocycles. The Morgan fingerprint density at radius 1 is 0.871 bits per heavy atom. The van der Waals surface area contributed by atoms with Gasteiger partial charge in [0, 0.05) is 50.3 Å². The number of aromatic nitrogens is 3. The van der Waals surface area contributed by atoms with Crippen LogP contribution in [0.15, 0.2) is 49.1 Å². The van der Waals surface area contributed by atoms with Gasteiger partial charge in [-0.3, -0.25) is 14.6 Å². The first kappa shape index (κ1) is 19.7. The van der Waals surface area contributed by atoms with Gasteiger partial charge < -0.3 is 9.80 Å². The summed E-state index contributed by atoms with van der Waals surface area (Å²) in [6, 6.07) is 7.75. The average Bonchev–Trinajstić information content (AvgIpc) is 3.27. The van der Waals surface area contributed by atoms with E-state index in [2.05, 4.69) is 22.2 Å². The molecule has 0 bridgehead atoms. The Labute approximate surface area is 181 Å². The monoisotopic (exact) mass is 417 g/mol. The summed E-state index contributed by atoms with van der Waals surface area (Å²) in [4.78, 5) is 33.6. The maximum Gasteiger partial charge on any atom is 0.257 e. The van der Waals surface area contributed by atoms with Crippen LogP contribution in [0.2, 0.25) is 0 Å². The van der Waals surface area contributed by atoms with Gasteiger partial charge in [-0.15, -0.1) is 0 Å². The summed E-state index contributed by atoms with van der Waals surface area (Å²) in [7, 11) is 0. The first-order chi connectivity index (χ1) is 15.2. The molecule has 0 atom stereocenters. The van der Waals surface area contributed by atoms with E-state index in [1.807, 2.05) is 16.0 Å². The molecule has 2 aliphatic rings. The zero-order valence-electron chi connectivity index (χ0n) is 17.6. The molecule has 5 rings (SSSR count). The third kappa shape index (κ3) is 3.92. The van der Waals surface area contributed by atoms with Crippen molar-refractivity contribution in [1.29, 1.82) is 0 Å². The van der Waals surface area contributed by atoms with Crippen LogP contribution in [0.4, 0.5) is 0 Å². The molecule has 160 valence electrons. The van der Waals surface area contributed by atoms with E-state index in [4.69, 9.17) is 0 Å². The Bertz CT molecular complexity index is 1080. The van der Waals surface area contributed by atoms with Crippen molar-refractivity contribution in [2.45, 2.75) is 38.0 Å². The SMILES string of the molecule is O=C(c1ccncc1)N1CCC(c2ccn3ncc(C(=O)N4CCCCC4)c3c2)CC1. The van der Waals surface area contributed by atoms with E-state index < -0.39 is 0 Å². The number of amides is 2. The number of rotatable bonds is 3. The topological polar surface area (TPSA) is 70.8 Å². The van der Waals surface area contributed by atoms with Crippen LogP contribution in [0.1, 0.15) is 64.3 Å². The largest absolute Gasteiger partial charge is 0.339 e. The van der Waals surface area contributed by atoms with Gasteiger partial charge in [-0.2, -0.15) is 5.10 Å². The van der Waals surface area contributed by atoms with Crippen molar-refractivity contribution in [2.24, 2.45) is 0 Å². The summed E-state index contributed by atoms with van der Waals surface area (Å²) in [6.07, 6.45) is 12.1. The van der Waals surface area contributed by atoms with E-state index in [1.54, 1.807) is 35.2 Å². The van der Waals surface area contributed by atoms with E-state index in [-0.39, 0.29) is 11.8 Å². The number of hydrogen-bond acceptors (Lipinski definition) is 4. The van der Waals surface area contributed by atoms with Gasteiger partial charge >= 0.3 is 0 Å². The lowest BCUT2D eigenvalue weighted by molar-refractivity contribution is 0.0709. The first-order valence-corrected chi connectivity index (χ1v) is 11.2. The van der Waals surface area contributed by atoms with Crippen molar-refractivity contribution in [2.75, 3.05) is 26.2 Å². The fraction of sp³-hybridized carbons (Fsp3) is 0.417. The predicted octanol–water partition coefficient (Wildman–Crippen LogP) is 3.38. The molecule has 2 saturated heterocycles. The highest BCUT2D eigenvalue weighted by Crippen LogP contribution is 2.30. The van der Waals surface area contributed by atoms with Crippen molar-refractivity contribution in [3.63, 3.8) is 0 Å². The van der Waals surface area contributed by atoms with E-state index >= 15 is 0 Å². The molecule has 0 N–H and O–H groups in total. The number of hydrogen-bond donors (Lipinski definition) is 0. The van der Waals surface area contributed by atoms with Crippen LogP contribution in [0.25, 0.3) is 5.52 Å². The molecule has 3 aromatic rings. The lowest BCUT2D eigenvalue weighted by Gasteiger charge is -2.32. The van der Waals surface area contributed by atoms with Gasteiger partial charge in [0.1, 0.15) is 0 Å². The predicted molar refractivity (Wildman–Crippen MR) is 117 cm³/mol. The van der Waals surface area contributed by atoms with Crippen molar-refractivity contribution >= 4 is 17.3 Å². The average molecular weight is 418 g/mol. The molecule has 2 amide bonds. The van der Waals surface area contributed by atoms with Crippen LogP contribution in [0.3, 0.4) is 0 Å². The molecule has 0 saturated carbocycles. The molecule has 7 heteroatoms. The third-order valence-corrected chi connectivity index (χ3v) is 6.60. The normalized spacial score (nSPS) is 17.8. The van der Waals surface area contributed by atoms with E-state index in [9.17, 15) is 9.59 Å². The quantitative estimate of drug-likeness (QED) is 0.655. The number of carbonyl (C=O) groups excluding carboxylic acids is 2. The lowest BCUT2D eigenvalue weighted by Crippen LogP contribution is -2.38. The molecular weight excluding hydrogens is 390 g/mol. The van der Waals surface area contributed by atoms with Crippen molar-refractivity contribution in [1.82, 2.24) is 24.4 Å². The summed E-state index contributed by atoms with van der Waals surface area (Å²) in [5, 5.41) is 4.40. The van der Waals surface area contributed by atoms with Crippen LogP contribution in [-0.2, 0) is 0 Å². The molecule has 31 heavy (non-hydrogen) atoms. The summed E-state index contributed by atoms with van der Waals surface area (Å²) < 4.78 is 1.79. The van der Waals surface area contributed by atoms with Crippen LogP contribution < -0.4 is 0 Å². The van der Waals surface area contributed by atoms with Gasteiger partial charge in [0.25, 0.3) is 11.8 Å². The highest BCUT2D eigenvalue weighted by atomic mass is 16.2. The van der Waals surface area contributed by atoms with Crippen molar-refractivity contribution < 1.29 is 9.59 Å². The van der Waals surface area contributed by atoms with Crippen molar-refractivity contribution in [3.8, 4) is 0 Å². The summed E-state index contributed by atoms with van der Waals surface area (Å²) in [5.41, 5.74) is 3.48. The van der Waals surface area contributed by atoms with E-state index in [1.165, 1.54) is 12.0 Å². The van der Waals surface area contributed by atoms with Gasteiger partial charge in [0.2, 0.25) is 0 Å². The fourth-order valence-corrected chi connectivity index (χ4v) is 4.78. The van der Waals surface area contributed by atoms with Crippen LogP contribution >= 0.6 is 0 Å². The number of carbonyl (C=O) groups is 2.